The van der Waals surface area contributed by atoms with Gasteiger partial charge in [-0.1, -0.05) is 41.5 Å². The number of hydrogen-bond donors (Lipinski definition) is 1. The van der Waals surface area contributed by atoms with E-state index in [9.17, 15) is 0 Å². The predicted molar refractivity (Wildman–Crippen MR) is 93.1 cm³/mol. The Balaban J connectivity index is 3.15. The van der Waals surface area contributed by atoms with Crippen LogP contribution in [0, 0.1) is 0 Å². The van der Waals surface area contributed by atoms with Gasteiger partial charge >= 0.3 is 0 Å². The zero-order chi connectivity index (χ0) is 16.2. The molecule has 120 valence electrons. The normalized spacial score (nSPS) is 13.6. The lowest BCUT2D eigenvalue weighted by Crippen LogP contribution is -2.30. The van der Waals surface area contributed by atoms with Crippen LogP contribution in [0.15, 0.2) is 12.1 Å². The minimum atomic E-state index is 0.0683. The summed E-state index contributed by atoms with van der Waals surface area (Å²) < 4.78 is 0. The third kappa shape index (κ3) is 5.31. The van der Waals surface area contributed by atoms with E-state index in [4.69, 9.17) is 4.98 Å². The van der Waals surface area contributed by atoms with Crippen LogP contribution < -0.4 is 10.2 Å². The Bertz CT molecular complexity index is 446. The molecule has 3 nitrogen and oxygen atoms in total. The average Bonchev–Trinajstić information content (AvgIpc) is 2.42. The number of nitrogens with zero attached hydrogens (tertiary/aromatic N) is 2. The third-order valence-corrected chi connectivity index (χ3v) is 3.97. The first-order valence-electron chi connectivity index (χ1n) is 8.12. The van der Waals surface area contributed by atoms with Gasteiger partial charge in [0.15, 0.2) is 0 Å². The maximum absolute atomic E-state index is 4.90. The molecule has 1 N–H and O–H groups in total. The van der Waals surface area contributed by atoms with Crippen molar-refractivity contribution < 1.29 is 0 Å². The molecule has 0 saturated carbocycles. The number of anilines is 1. The largest absolute Gasteiger partial charge is 0.357 e. The SMILES string of the molecule is CCC(C)N(C)c1cc(CNC(C)C)cc(C(C)(C)C)n1. The van der Waals surface area contributed by atoms with Gasteiger partial charge in [-0.25, -0.2) is 4.98 Å². The molecule has 1 atom stereocenters. The van der Waals surface area contributed by atoms with Crippen molar-refractivity contribution >= 4 is 5.82 Å². The van der Waals surface area contributed by atoms with Gasteiger partial charge in [-0.05, 0) is 31.0 Å². The van der Waals surface area contributed by atoms with E-state index in [1.807, 2.05) is 0 Å². The minimum absolute atomic E-state index is 0.0683. The highest BCUT2D eigenvalue weighted by Crippen LogP contribution is 2.25. The summed E-state index contributed by atoms with van der Waals surface area (Å²) in [5, 5.41) is 3.50. The van der Waals surface area contributed by atoms with E-state index in [2.05, 4.69) is 77.9 Å². The molecular weight excluding hydrogens is 258 g/mol. The number of aromatic nitrogens is 1. The first kappa shape index (κ1) is 18.0. The van der Waals surface area contributed by atoms with Crippen molar-refractivity contribution in [3.63, 3.8) is 0 Å². The lowest BCUT2D eigenvalue weighted by atomic mass is 9.90. The molecule has 0 aliphatic carbocycles. The molecule has 0 saturated heterocycles. The molecule has 0 aliphatic rings. The summed E-state index contributed by atoms with van der Waals surface area (Å²) in [5.41, 5.74) is 2.54. The van der Waals surface area contributed by atoms with E-state index in [-0.39, 0.29) is 5.41 Å². The van der Waals surface area contributed by atoms with E-state index in [0.717, 1.165) is 24.5 Å². The molecule has 21 heavy (non-hydrogen) atoms. The molecule has 1 heterocycles. The quantitative estimate of drug-likeness (QED) is 0.855. The summed E-state index contributed by atoms with van der Waals surface area (Å²) in [4.78, 5) is 7.18. The van der Waals surface area contributed by atoms with Crippen LogP contribution >= 0.6 is 0 Å². The van der Waals surface area contributed by atoms with Crippen LogP contribution in [-0.4, -0.2) is 24.1 Å². The highest BCUT2D eigenvalue weighted by Gasteiger charge is 2.19. The number of rotatable bonds is 6. The summed E-state index contributed by atoms with van der Waals surface area (Å²) >= 11 is 0. The van der Waals surface area contributed by atoms with Gasteiger partial charge in [0.2, 0.25) is 0 Å². The second-order valence-electron chi connectivity index (χ2n) is 7.37. The molecular formula is C18H33N3. The van der Waals surface area contributed by atoms with Crippen molar-refractivity contribution in [2.24, 2.45) is 0 Å². The van der Waals surface area contributed by atoms with Gasteiger partial charge in [-0.3, -0.25) is 0 Å². The van der Waals surface area contributed by atoms with Gasteiger partial charge in [-0.2, -0.15) is 0 Å². The van der Waals surface area contributed by atoms with Gasteiger partial charge in [0.25, 0.3) is 0 Å². The van der Waals surface area contributed by atoms with Crippen molar-refractivity contribution in [3.8, 4) is 0 Å². The van der Waals surface area contributed by atoms with Crippen LogP contribution in [-0.2, 0) is 12.0 Å². The van der Waals surface area contributed by atoms with Gasteiger partial charge < -0.3 is 10.2 Å². The molecule has 1 aromatic rings. The van der Waals surface area contributed by atoms with E-state index in [1.165, 1.54) is 5.56 Å². The molecule has 1 unspecified atom stereocenters. The van der Waals surface area contributed by atoms with Crippen molar-refractivity contribution in [2.75, 3.05) is 11.9 Å². The number of pyridine rings is 1. The number of nitrogens with one attached hydrogen (secondary N) is 1. The Hall–Kier alpha value is -1.09. The van der Waals surface area contributed by atoms with Crippen LogP contribution in [0.3, 0.4) is 0 Å². The van der Waals surface area contributed by atoms with Crippen LogP contribution in [0.1, 0.15) is 66.1 Å². The van der Waals surface area contributed by atoms with E-state index in [0.29, 0.717) is 12.1 Å². The first-order valence-corrected chi connectivity index (χ1v) is 8.12. The second kappa shape index (κ2) is 7.26. The second-order valence-corrected chi connectivity index (χ2v) is 7.37. The lowest BCUT2D eigenvalue weighted by Gasteiger charge is -2.28. The molecule has 0 radical (unpaired) electrons. The standard InChI is InChI=1S/C18H33N3/c1-9-14(4)21(8)17-11-15(12-19-13(2)3)10-16(20-17)18(5,6)7/h10-11,13-14,19H,9,12H2,1-8H3. The summed E-state index contributed by atoms with van der Waals surface area (Å²) in [7, 11) is 2.14. The third-order valence-electron chi connectivity index (χ3n) is 3.97. The molecule has 1 rings (SSSR count). The van der Waals surface area contributed by atoms with Crippen molar-refractivity contribution in [1.82, 2.24) is 10.3 Å². The summed E-state index contributed by atoms with van der Waals surface area (Å²) in [5.74, 6) is 1.08. The Kier molecular flexibility index (Phi) is 6.21. The van der Waals surface area contributed by atoms with Crippen molar-refractivity contribution in [2.45, 2.75) is 78.9 Å². The molecule has 0 aromatic carbocycles. The molecule has 1 aromatic heterocycles. The maximum Gasteiger partial charge on any atom is 0.129 e. The van der Waals surface area contributed by atoms with E-state index in [1.54, 1.807) is 0 Å². The number of hydrogen-bond acceptors (Lipinski definition) is 3. The average molecular weight is 291 g/mol. The molecule has 0 amide bonds. The van der Waals surface area contributed by atoms with Crippen molar-refractivity contribution in [3.05, 3.63) is 23.4 Å². The van der Waals surface area contributed by atoms with Gasteiger partial charge in [0.05, 0.1) is 0 Å². The van der Waals surface area contributed by atoms with Crippen LogP contribution in [0.4, 0.5) is 5.82 Å². The Morgan fingerprint density at radius 3 is 2.29 bits per heavy atom. The van der Waals surface area contributed by atoms with Crippen LogP contribution in [0.2, 0.25) is 0 Å². The summed E-state index contributed by atoms with van der Waals surface area (Å²) in [6, 6.07) is 5.45. The fourth-order valence-corrected chi connectivity index (χ4v) is 2.06. The molecule has 0 spiro atoms. The van der Waals surface area contributed by atoms with Crippen LogP contribution in [0.25, 0.3) is 0 Å². The smallest absolute Gasteiger partial charge is 0.129 e. The molecule has 3 heteroatoms. The van der Waals surface area contributed by atoms with Gasteiger partial charge in [0, 0.05) is 36.8 Å². The first-order chi connectivity index (χ1) is 9.65. The van der Waals surface area contributed by atoms with Crippen LogP contribution in [0.5, 0.6) is 0 Å². The topological polar surface area (TPSA) is 28.2 Å². The van der Waals surface area contributed by atoms with Crippen molar-refractivity contribution in [1.29, 1.82) is 0 Å². The molecule has 0 bridgehead atoms. The van der Waals surface area contributed by atoms with E-state index >= 15 is 0 Å². The lowest BCUT2D eigenvalue weighted by molar-refractivity contribution is 0.557. The predicted octanol–water partition coefficient (Wildman–Crippen LogP) is 4.11. The zero-order valence-electron chi connectivity index (χ0n) is 15.1. The Morgan fingerprint density at radius 2 is 1.81 bits per heavy atom. The summed E-state index contributed by atoms with van der Waals surface area (Å²) in [6.45, 7) is 16.4. The van der Waals surface area contributed by atoms with Gasteiger partial charge in [-0.15, -0.1) is 0 Å². The minimum Gasteiger partial charge on any atom is -0.357 e. The summed E-state index contributed by atoms with van der Waals surface area (Å²) in [6.07, 6.45) is 1.12. The van der Waals surface area contributed by atoms with E-state index < -0.39 is 0 Å². The fourth-order valence-electron chi connectivity index (χ4n) is 2.06. The fraction of sp³-hybridized carbons (Fsp3) is 0.722. The van der Waals surface area contributed by atoms with Gasteiger partial charge in [0.1, 0.15) is 5.82 Å². The molecule has 0 aliphatic heterocycles. The Labute approximate surface area is 131 Å². The highest BCUT2D eigenvalue weighted by molar-refractivity contribution is 5.44. The maximum atomic E-state index is 4.90. The highest BCUT2D eigenvalue weighted by atomic mass is 15.2. The molecule has 0 fully saturated rings. The monoisotopic (exact) mass is 291 g/mol. The zero-order valence-corrected chi connectivity index (χ0v) is 15.1. The Morgan fingerprint density at radius 1 is 1.19 bits per heavy atom.